The van der Waals surface area contributed by atoms with Gasteiger partial charge in [0.15, 0.2) is 11.5 Å². The molecule has 0 aliphatic rings. The number of anilines is 3. The lowest BCUT2D eigenvalue weighted by molar-refractivity contribution is -0.594. The number of imidazole rings is 1. The number of H-pyrrole nitrogens is 1. The highest BCUT2D eigenvalue weighted by Crippen LogP contribution is 2.20. The van der Waals surface area contributed by atoms with Crippen molar-refractivity contribution in [3.63, 3.8) is 0 Å². The number of benzene rings is 1. The lowest BCUT2D eigenvalue weighted by atomic mass is 10.2. The van der Waals surface area contributed by atoms with E-state index in [1.807, 2.05) is 54.5 Å². The maximum absolute atomic E-state index is 11.7. The van der Waals surface area contributed by atoms with Gasteiger partial charge >= 0.3 is 0 Å². The number of primary amides is 2. The molecule has 0 unspecified atom stereocenters. The van der Waals surface area contributed by atoms with E-state index in [0.29, 0.717) is 17.9 Å². The minimum atomic E-state index is -0.719. The summed E-state index contributed by atoms with van der Waals surface area (Å²) in [6.07, 6.45) is 7.33. The Balaban J connectivity index is 1.85. The largest absolute Gasteiger partial charge is 0.368 e. The molecule has 2 aromatic heterocycles. The summed E-state index contributed by atoms with van der Waals surface area (Å²) in [7, 11) is 0. The first kappa shape index (κ1) is 18.8. The van der Waals surface area contributed by atoms with E-state index in [9.17, 15) is 9.59 Å². The molecule has 0 aliphatic carbocycles. The highest BCUT2D eigenvalue weighted by atomic mass is 16.1. The molecule has 3 aromatic rings. The zero-order chi connectivity index (χ0) is 20.1. The van der Waals surface area contributed by atoms with Crippen molar-refractivity contribution in [2.75, 3.05) is 10.6 Å². The van der Waals surface area contributed by atoms with Crippen LogP contribution in [-0.4, -0.2) is 32.8 Å². The Morgan fingerprint density at radius 1 is 1.25 bits per heavy atom. The molecule has 0 fully saturated rings. The van der Waals surface area contributed by atoms with Crippen molar-refractivity contribution < 1.29 is 14.2 Å². The molecule has 1 aromatic carbocycles. The monoisotopic (exact) mass is 381 g/mol. The SMILES string of the molecule is CC[C@@H](Nc1cnc(C(N)=O)c(Nc2ccc(-[n+]3cc[nH]c3)cc2)n1)C(N)=O. The van der Waals surface area contributed by atoms with Gasteiger partial charge in [-0.3, -0.25) is 9.59 Å². The number of hydrogen-bond donors (Lipinski definition) is 5. The molecule has 0 radical (unpaired) electrons. The van der Waals surface area contributed by atoms with E-state index < -0.39 is 17.9 Å². The van der Waals surface area contributed by atoms with Crippen LogP contribution in [0.15, 0.2) is 49.2 Å². The summed E-state index contributed by atoms with van der Waals surface area (Å²) in [6, 6.07) is 6.87. The van der Waals surface area contributed by atoms with E-state index in [4.69, 9.17) is 11.5 Å². The van der Waals surface area contributed by atoms with Gasteiger partial charge in [0.2, 0.25) is 12.2 Å². The van der Waals surface area contributed by atoms with Crippen molar-refractivity contribution in [2.45, 2.75) is 19.4 Å². The zero-order valence-corrected chi connectivity index (χ0v) is 15.2. The number of carbonyl (C=O) groups excluding carboxylic acids is 2. The number of aromatic amines is 1. The number of carbonyl (C=O) groups is 2. The number of aromatic nitrogens is 4. The summed E-state index contributed by atoms with van der Waals surface area (Å²) in [6.45, 7) is 1.82. The molecule has 0 saturated heterocycles. The molecule has 1 atom stereocenters. The van der Waals surface area contributed by atoms with Gasteiger partial charge in [0.25, 0.3) is 5.91 Å². The van der Waals surface area contributed by atoms with Crippen molar-refractivity contribution in [2.24, 2.45) is 11.5 Å². The van der Waals surface area contributed by atoms with E-state index >= 15 is 0 Å². The van der Waals surface area contributed by atoms with Gasteiger partial charge in [-0.25, -0.2) is 19.5 Å². The third-order valence-corrected chi connectivity index (χ3v) is 4.05. The van der Waals surface area contributed by atoms with Crippen LogP contribution in [0.1, 0.15) is 23.8 Å². The first-order valence-corrected chi connectivity index (χ1v) is 8.62. The Bertz CT molecular complexity index is 970. The Hall–Kier alpha value is -3.95. The molecular weight excluding hydrogens is 360 g/mol. The second-order valence-corrected chi connectivity index (χ2v) is 6.01. The fourth-order valence-corrected chi connectivity index (χ4v) is 2.58. The van der Waals surface area contributed by atoms with Gasteiger partial charge < -0.3 is 22.1 Å². The topological polar surface area (TPSA) is 156 Å². The average Bonchev–Trinajstić information content (AvgIpc) is 3.21. The summed E-state index contributed by atoms with van der Waals surface area (Å²) >= 11 is 0. The standard InChI is InChI=1S/C18H20N8O2/c1-2-13(16(19)27)24-14-9-22-15(17(20)28)18(25-14)23-11-3-5-12(6-4-11)26-8-7-21-10-26/h3-10,13H,2H2,1H3,(H6,19,20,23,24,25,27,28)/p+1/t13-/m1/s1. The van der Waals surface area contributed by atoms with Crippen molar-refractivity contribution >= 4 is 29.1 Å². The first-order chi connectivity index (χ1) is 13.5. The molecule has 144 valence electrons. The van der Waals surface area contributed by atoms with Crippen molar-refractivity contribution in [1.29, 1.82) is 0 Å². The van der Waals surface area contributed by atoms with E-state index in [2.05, 4.69) is 25.6 Å². The van der Waals surface area contributed by atoms with Gasteiger partial charge in [-0.15, -0.1) is 0 Å². The fraction of sp³-hybridized carbons (Fsp3) is 0.167. The molecule has 10 heteroatoms. The van der Waals surface area contributed by atoms with Crippen LogP contribution in [0.5, 0.6) is 0 Å². The van der Waals surface area contributed by atoms with Crippen LogP contribution in [0.4, 0.5) is 17.3 Å². The molecule has 2 heterocycles. The van der Waals surface area contributed by atoms with Crippen molar-refractivity contribution in [1.82, 2.24) is 15.0 Å². The maximum Gasteiger partial charge on any atom is 0.271 e. The minimum absolute atomic E-state index is 0.0123. The van der Waals surface area contributed by atoms with E-state index in [0.717, 1.165) is 5.69 Å². The van der Waals surface area contributed by atoms with E-state index in [1.54, 1.807) is 0 Å². The van der Waals surface area contributed by atoms with Crippen molar-refractivity contribution in [3.05, 3.63) is 54.9 Å². The summed E-state index contributed by atoms with van der Waals surface area (Å²) < 4.78 is 1.91. The molecule has 3 rings (SSSR count). The molecule has 0 saturated carbocycles. The molecule has 10 nitrogen and oxygen atoms in total. The van der Waals surface area contributed by atoms with Crippen LogP contribution in [0.3, 0.4) is 0 Å². The van der Waals surface area contributed by atoms with Crippen LogP contribution in [-0.2, 0) is 4.79 Å². The zero-order valence-electron chi connectivity index (χ0n) is 15.2. The molecule has 0 aliphatic heterocycles. The third kappa shape index (κ3) is 4.23. The normalized spacial score (nSPS) is 11.6. The van der Waals surface area contributed by atoms with Crippen LogP contribution < -0.4 is 26.7 Å². The molecule has 0 bridgehead atoms. The highest BCUT2D eigenvalue weighted by Gasteiger charge is 2.17. The summed E-state index contributed by atoms with van der Waals surface area (Å²) in [5.41, 5.74) is 12.4. The summed E-state index contributed by atoms with van der Waals surface area (Å²) in [5, 5.41) is 5.94. The maximum atomic E-state index is 11.7. The summed E-state index contributed by atoms with van der Waals surface area (Å²) in [5.74, 6) is -0.741. The van der Waals surface area contributed by atoms with E-state index in [-0.39, 0.29) is 11.5 Å². The van der Waals surface area contributed by atoms with Crippen LogP contribution in [0.25, 0.3) is 5.69 Å². The number of amides is 2. The smallest absolute Gasteiger partial charge is 0.271 e. The van der Waals surface area contributed by atoms with Gasteiger partial charge in [0.1, 0.15) is 29.9 Å². The van der Waals surface area contributed by atoms with Gasteiger partial charge in [-0.1, -0.05) is 6.92 Å². The number of nitrogens with two attached hydrogens (primary N) is 2. The van der Waals surface area contributed by atoms with Crippen LogP contribution in [0, 0.1) is 0 Å². The first-order valence-electron chi connectivity index (χ1n) is 8.62. The lowest BCUT2D eigenvalue weighted by Gasteiger charge is -2.15. The molecule has 0 spiro atoms. The second-order valence-electron chi connectivity index (χ2n) is 6.01. The van der Waals surface area contributed by atoms with Gasteiger partial charge in [0.05, 0.1) is 6.20 Å². The Morgan fingerprint density at radius 2 is 2.00 bits per heavy atom. The molecule has 7 N–H and O–H groups in total. The predicted octanol–water partition coefficient (Wildman–Crippen LogP) is 0.600. The van der Waals surface area contributed by atoms with Gasteiger partial charge in [0, 0.05) is 5.69 Å². The van der Waals surface area contributed by atoms with Crippen LogP contribution >= 0.6 is 0 Å². The molecular formula is C18H21N8O2+. The molecule has 2 amide bonds. The Kier molecular flexibility index (Phi) is 5.49. The summed E-state index contributed by atoms with van der Waals surface area (Å²) in [4.78, 5) is 34.5. The van der Waals surface area contributed by atoms with Gasteiger partial charge in [-0.2, -0.15) is 0 Å². The highest BCUT2D eigenvalue weighted by molar-refractivity contribution is 5.96. The fourth-order valence-electron chi connectivity index (χ4n) is 2.58. The number of hydrogen-bond acceptors (Lipinski definition) is 6. The Labute approximate surface area is 161 Å². The number of nitrogens with zero attached hydrogens (tertiary/aromatic N) is 3. The van der Waals surface area contributed by atoms with Crippen molar-refractivity contribution in [3.8, 4) is 5.69 Å². The number of nitrogens with one attached hydrogen (secondary N) is 3. The van der Waals surface area contributed by atoms with Gasteiger partial charge in [-0.05, 0) is 30.7 Å². The Morgan fingerprint density at radius 3 is 2.57 bits per heavy atom. The number of rotatable bonds is 8. The van der Waals surface area contributed by atoms with Crippen LogP contribution in [0.2, 0.25) is 0 Å². The second kappa shape index (κ2) is 8.16. The minimum Gasteiger partial charge on any atom is -0.368 e. The third-order valence-electron chi connectivity index (χ3n) is 4.05. The average molecular weight is 381 g/mol. The predicted molar refractivity (Wildman–Crippen MR) is 103 cm³/mol. The quantitative estimate of drug-likeness (QED) is 0.360. The van der Waals surface area contributed by atoms with E-state index in [1.165, 1.54) is 6.20 Å². The molecule has 28 heavy (non-hydrogen) atoms. The lowest BCUT2D eigenvalue weighted by Crippen LogP contribution is -2.35.